The maximum atomic E-state index is 5.99. The van der Waals surface area contributed by atoms with Gasteiger partial charge in [-0.1, -0.05) is 17.7 Å². The summed E-state index contributed by atoms with van der Waals surface area (Å²) in [6, 6.07) is 5.78. The summed E-state index contributed by atoms with van der Waals surface area (Å²) >= 11 is 5.99. The highest BCUT2D eigenvalue weighted by Gasteiger charge is 2.00. The second-order valence-corrected chi connectivity index (χ2v) is 3.27. The third kappa shape index (κ3) is 1.18. The Bertz CT molecular complexity index is 411. The molecule has 3 heteroatoms. The Morgan fingerprint density at radius 2 is 2.33 bits per heavy atom. The van der Waals surface area contributed by atoms with Crippen LogP contribution in [-0.2, 0) is 0 Å². The topological polar surface area (TPSA) is 15.6 Å². The zero-order chi connectivity index (χ0) is 8.55. The zero-order valence-electron chi connectivity index (χ0n) is 6.79. The number of rotatable bonds is 0. The molecule has 0 atom stereocenters. The molecule has 0 amide bonds. The van der Waals surface area contributed by atoms with Gasteiger partial charge >= 0.3 is 0 Å². The number of halogens is 1. The SMILES string of the molecule is CN1C=c2c(Cl)cccc2=NC1. The number of benzene rings is 1. The Kier molecular flexibility index (Phi) is 1.77. The lowest BCUT2D eigenvalue weighted by molar-refractivity contribution is 0.498. The molecule has 1 aliphatic rings. The van der Waals surface area contributed by atoms with Crippen LogP contribution in [0.2, 0.25) is 5.02 Å². The first-order chi connectivity index (χ1) is 5.77. The molecule has 1 aromatic carbocycles. The van der Waals surface area contributed by atoms with Crippen LogP contribution in [0, 0.1) is 0 Å². The normalized spacial score (nSPS) is 14.7. The Labute approximate surface area is 75.8 Å². The van der Waals surface area contributed by atoms with Crippen molar-refractivity contribution >= 4 is 17.8 Å². The minimum atomic E-state index is 0.716. The fraction of sp³-hybridized carbons (Fsp3) is 0.222. The average Bonchev–Trinajstić information content (AvgIpc) is 2.07. The molecule has 1 aromatic rings. The van der Waals surface area contributed by atoms with E-state index in [1.807, 2.05) is 36.3 Å². The molecule has 2 rings (SSSR count). The zero-order valence-corrected chi connectivity index (χ0v) is 7.54. The highest BCUT2D eigenvalue weighted by atomic mass is 35.5. The molecular formula is C9H9ClN2. The van der Waals surface area contributed by atoms with Gasteiger partial charge in [0.15, 0.2) is 0 Å². The molecule has 0 radical (unpaired) electrons. The predicted molar refractivity (Wildman–Crippen MR) is 49.3 cm³/mol. The van der Waals surface area contributed by atoms with Gasteiger partial charge in [-0.15, -0.1) is 0 Å². The van der Waals surface area contributed by atoms with Crippen molar-refractivity contribution in [3.8, 4) is 0 Å². The van der Waals surface area contributed by atoms with Gasteiger partial charge in [0, 0.05) is 18.5 Å². The molecule has 0 fully saturated rings. The third-order valence-corrected chi connectivity index (χ3v) is 2.17. The highest BCUT2D eigenvalue weighted by Crippen LogP contribution is 1.98. The molecule has 1 aliphatic heterocycles. The first kappa shape index (κ1) is 7.62. The average molecular weight is 181 g/mol. The number of hydrogen-bond donors (Lipinski definition) is 0. The van der Waals surface area contributed by atoms with Crippen molar-refractivity contribution in [3.05, 3.63) is 33.8 Å². The van der Waals surface area contributed by atoms with Crippen LogP contribution < -0.4 is 10.6 Å². The monoisotopic (exact) mass is 180 g/mol. The number of hydrogen-bond acceptors (Lipinski definition) is 2. The molecule has 0 bridgehead atoms. The van der Waals surface area contributed by atoms with Gasteiger partial charge in [0.2, 0.25) is 0 Å². The largest absolute Gasteiger partial charge is 0.361 e. The van der Waals surface area contributed by atoms with Crippen LogP contribution in [0.15, 0.2) is 23.2 Å². The summed E-state index contributed by atoms with van der Waals surface area (Å²) in [6.45, 7) is 0.716. The molecule has 0 spiro atoms. The minimum Gasteiger partial charge on any atom is -0.361 e. The van der Waals surface area contributed by atoms with E-state index in [1.54, 1.807) is 0 Å². The van der Waals surface area contributed by atoms with Crippen LogP contribution in [0.25, 0.3) is 6.20 Å². The van der Waals surface area contributed by atoms with E-state index in [9.17, 15) is 0 Å². The third-order valence-electron chi connectivity index (χ3n) is 1.84. The van der Waals surface area contributed by atoms with Gasteiger partial charge in [-0.05, 0) is 12.1 Å². The smallest absolute Gasteiger partial charge is 0.110 e. The molecule has 0 unspecified atom stereocenters. The van der Waals surface area contributed by atoms with Crippen molar-refractivity contribution < 1.29 is 0 Å². The predicted octanol–water partition coefficient (Wildman–Crippen LogP) is 0.600. The maximum Gasteiger partial charge on any atom is 0.110 e. The van der Waals surface area contributed by atoms with Crippen molar-refractivity contribution in [2.24, 2.45) is 4.99 Å². The summed E-state index contributed by atoms with van der Waals surface area (Å²) in [5, 5.41) is 2.77. The molecule has 0 saturated carbocycles. The lowest BCUT2D eigenvalue weighted by atomic mass is 10.3. The van der Waals surface area contributed by atoms with E-state index in [4.69, 9.17) is 11.6 Å². The Morgan fingerprint density at radius 1 is 1.50 bits per heavy atom. The lowest BCUT2D eigenvalue weighted by Gasteiger charge is -2.14. The van der Waals surface area contributed by atoms with Crippen LogP contribution in [0.4, 0.5) is 0 Å². The van der Waals surface area contributed by atoms with Gasteiger partial charge in [-0.3, -0.25) is 4.99 Å². The van der Waals surface area contributed by atoms with E-state index in [0.29, 0.717) is 6.67 Å². The quantitative estimate of drug-likeness (QED) is 0.571. The molecule has 1 heterocycles. The Morgan fingerprint density at radius 3 is 3.17 bits per heavy atom. The minimum absolute atomic E-state index is 0.716. The molecular weight excluding hydrogens is 172 g/mol. The fourth-order valence-electron chi connectivity index (χ4n) is 1.24. The van der Waals surface area contributed by atoms with Gasteiger partial charge in [-0.2, -0.15) is 0 Å². The summed E-state index contributed by atoms with van der Waals surface area (Å²) in [5.74, 6) is 0. The molecule has 0 aromatic heterocycles. The summed E-state index contributed by atoms with van der Waals surface area (Å²) in [4.78, 5) is 6.35. The van der Waals surface area contributed by atoms with Crippen LogP contribution in [0.1, 0.15) is 0 Å². The summed E-state index contributed by atoms with van der Waals surface area (Å²) < 4.78 is 0. The van der Waals surface area contributed by atoms with Gasteiger partial charge in [0.05, 0.1) is 10.4 Å². The van der Waals surface area contributed by atoms with Crippen molar-refractivity contribution in [2.75, 3.05) is 13.7 Å². The van der Waals surface area contributed by atoms with E-state index < -0.39 is 0 Å². The molecule has 0 saturated heterocycles. The highest BCUT2D eigenvalue weighted by molar-refractivity contribution is 6.30. The standard InChI is InChI=1S/C9H9ClN2/c1-12-5-7-8(10)3-2-4-9(7)11-6-12/h2-5H,6H2,1H3. The first-order valence-corrected chi connectivity index (χ1v) is 4.16. The van der Waals surface area contributed by atoms with Crippen LogP contribution >= 0.6 is 11.6 Å². The lowest BCUT2D eigenvalue weighted by Crippen LogP contribution is -2.34. The number of nitrogens with zero attached hydrogens (tertiary/aromatic N) is 2. The summed E-state index contributed by atoms with van der Waals surface area (Å²) in [7, 11) is 1.98. The Hall–Kier alpha value is -1.02. The van der Waals surface area contributed by atoms with Crippen molar-refractivity contribution in [3.63, 3.8) is 0 Å². The Balaban J connectivity index is 2.80. The van der Waals surface area contributed by atoms with Crippen LogP contribution in [0.5, 0.6) is 0 Å². The van der Waals surface area contributed by atoms with E-state index in [0.717, 1.165) is 15.6 Å². The maximum absolute atomic E-state index is 5.99. The van der Waals surface area contributed by atoms with E-state index >= 15 is 0 Å². The van der Waals surface area contributed by atoms with Gasteiger partial charge in [-0.25, -0.2) is 0 Å². The fourth-order valence-corrected chi connectivity index (χ4v) is 1.46. The van der Waals surface area contributed by atoms with Crippen molar-refractivity contribution in [1.29, 1.82) is 0 Å². The van der Waals surface area contributed by atoms with Crippen LogP contribution in [-0.4, -0.2) is 18.6 Å². The molecule has 0 aliphatic carbocycles. The summed E-state index contributed by atoms with van der Waals surface area (Å²) in [6.07, 6.45) is 2.02. The first-order valence-electron chi connectivity index (χ1n) is 3.78. The second-order valence-electron chi connectivity index (χ2n) is 2.86. The molecule has 2 nitrogen and oxygen atoms in total. The van der Waals surface area contributed by atoms with E-state index in [2.05, 4.69) is 4.99 Å². The molecule has 62 valence electrons. The van der Waals surface area contributed by atoms with Gasteiger partial charge in [0.1, 0.15) is 6.67 Å². The van der Waals surface area contributed by atoms with Gasteiger partial charge < -0.3 is 4.90 Å². The second kappa shape index (κ2) is 2.79. The summed E-state index contributed by atoms with van der Waals surface area (Å²) in [5.41, 5.74) is 0. The van der Waals surface area contributed by atoms with E-state index in [-0.39, 0.29) is 0 Å². The van der Waals surface area contributed by atoms with Crippen molar-refractivity contribution in [2.45, 2.75) is 0 Å². The van der Waals surface area contributed by atoms with E-state index in [1.165, 1.54) is 0 Å². The number of fused-ring (bicyclic) bond motifs is 1. The molecule has 0 N–H and O–H groups in total. The van der Waals surface area contributed by atoms with Gasteiger partial charge in [0.25, 0.3) is 0 Å². The molecule has 12 heavy (non-hydrogen) atoms. The van der Waals surface area contributed by atoms with Crippen LogP contribution in [0.3, 0.4) is 0 Å². The van der Waals surface area contributed by atoms with Crippen molar-refractivity contribution in [1.82, 2.24) is 4.90 Å².